The van der Waals surface area contributed by atoms with E-state index < -0.39 is 40.8 Å². The number of nitrogens with zero attached hydrogens (tertiary/aromatic N) is 3. The highest BCUT2D eigenvalue weighted by Crippen LogP contribution is 2.42. The average molecular weight is 516 g/mol. The molecule has 0 spiro atoms. The van der Waals surface area contributed by atoms with Gasteiger partial charge in [0.05, 0.1) is 11.6 Å². The fourth-order valence-corrected chi connectivity index (χ4v) is 5.67. The van der Waals surface area contributed by atoms with Crippen LogP contribution in [0, 0.1) is 29.4 Å². The zero-order valence-corrected chi connectivity index (χ0v) is 21.9. The number of piperidine rings is 1. The number of amides is 2. The molecule has 2 aliphatic heterocycles. The molecule has 2 fully saturated rings. The molecule has 0 radical (unpaired) electrons. The standard InChI is InChI=1S/C28H35F2N3O4/c1-17-13-32(14-18(2)28(17,36)24-8-6-7-11-31-24)25(34)22-16-33(26(35)37-27(3,4)5)15-21(22)20-10-9-19(29)12-23(20)30/h6-12,17-18,21-22,36H,13-16H2,1-5H3/t17-,18+,21-,22-,28?/m0/s1. The molecule has 37 heavy (non-hydrogen) atoms. The summed E-state index contributed by atoms with van der Waals surface area (Å²) in [6, 6.07) is 8.69. The number of likely N-dealkylation sites (tertiary alicyclic amines) is 2. The lowest BCUT2D eigenvalue weighted by atomic mass is 9.72. The minimum absolute atomic E-state index is 0.0546. The first-order valence-corrected chi connectivity index (χ1v) is 12.7. The van der Waals surface area contributed by atoms with Gasteiger partial charge in [-0.25, -0.2) is 13.6 Å². The van der Waals surface area contributed by atoms with Gasteiger partial charge in [0.15, 0.2) is 0 Å². The SMILES string of the molecule is C[C@@H]1CN(C(=O)[C@H]2CN(C(=O)OC(C)(C)C)C[C@H]2c2ccc(F)cc2F)C[C@H](C)C1(O)c1ccccn1. The average Bonchev–Trinajstić information content (AvgIpc) is 3.26. The normalized spacial score (nSPS) is 28.3. The van der Waals surface area contributed by atoms with Gasteiger partial charge in [0.25, 0.3) is 0 Å². The summed E-state index contributed by atoms with van der Waals surface area (Å²) in [5.74, 6) is -3.74. The van der Waals surface area contributed by atoms with Crippen LogP contribution >= 0.6 is 0 Å². The van der Waals surface area contributed by atoms with Gasteiger partial charge in [0, 0.05) is 56.2 Å². The third-order valence-electron chi connectivity index (χ3n) is 7.53. The summed E-state index contributed by atoms with van der Waals surface area (Å²) in [5, 5.41) is 11.6. The molecule has 200 valence electrons. The van der Waals surface area contributed by atoms with Crippen molar-refractivity contribution in [2.24, 2.45) is 17.8 Å². The highest BCUT2D eigenvalue weighted by atomic mass is 19.1. The molecule has 5 atom stereocenters. The Bertz CT molecular complexity index is 1140. The second kappa shape index (κ2) is 10.0. The van der Waals surface area contributed by atoms with Crippen LogP contribution in [0.15, 0.2) is 42.6 Å². The van der Waals surface area contributed by atoms with Crippen molar-refractivity contribution in [3.8, 4) is 0 Å². The fraction of sp³-hybridized carbons (Fsp3) is 0.536. The fourth-order valence-electron chi connectivity index (χ4n) is 5.67. The molecule has 7 nitrogen and oxygen atoms in total. The molecule has 1 aromatic carbocycles. The first-order valence-electron chi connectivity index (χ1n) is 12.7. The molecule has 2 aliphatic rings. The van der Waals surface area contributed by atoms with Crippen molar-refractivity contribution in [1.29, 1.82) is 0 Å². The number of aliphatic hydroxyl groups is 1. The predicted molar refractivity (Wildman–Crippen MR) is 133 cm³/mol. The van der Waals surface area contributed by atoms with E-state index in [4.69, 9.17) is 4.74 Å². The topological polar surface area (TPSA) is 83.0 Å². The lowest BCUT2D eigenvalue weighted by Crippen LogP contribution is -2.57. The Morgan fingerprint density at radius 2 is 1.70 bits per heavy atom. The molecule has 0 aliphatic carbocycles. The molecule has 1 aromatic heterocycles. The van der Waals surface area contributed by atoms with Gasteiger partial charge >= 0.3 is 6.09 Å². The Balaban J connectivity index is 1.60. The number of halogens is 2. The lowest BCUT2D eigenvalue weighted by Gasteiger charge is -2.48. The highest BCUT2D eigenvalue weighted by Gasteiger charge is 2.50. The molecule has 0 saturated carbocycles. The minimum Gasteiger partial charge on any atom is -0.444 e. The van der Waals surface area contributed by atoms with Crippen LogP contribution < -0.4 is 0 Å². The number of carbonyl (C=O) groups excluding carboxylic acids is 2. The second-order valence-corrected chi connectivity index (χ2v) is 11.3. The maximum Gasteiger partial charge on any atom is 0.410 e. The first kappa shape index (κ1) is 27.0. The Kier molecular flexibility index (Phi) is 7.29. The summed E-state index contributed by atoms with van der Waals surface area (Å²) in [6.45, 7) is 9.69. The van der Waals surface area contributed by atoms with Gasteiger partial charge in [0.2, 0.25) is 5.91 Å². The molecule has 4 rings (SSSR count). The number of ether oxygens (including phenoxy) is 1. The van der Waals surface area contributed by atoms with Crippen LogP contribution in [0.4, 0.5) is 13.6 Å². The predicted octanol–water partition coefficient (Wildman–Crippen LogP) is 4.31. The smallest absolute Gasteiger partial charge is 0.410 e. The molecule has 0 bridgehead atoms. The Morgan fingerprint density at radius 3 is 2.27 bits per heavy atom. The van der Waals surface area contributed by atoms with Gasteiger partial charge in [-0.3, -0.25) is 9.78 Å². The Morgan fingerprint density at radius 1 is 1.03 bits per heavy atom. The highest BCUT2D eigenvalue weighted by molar-refractivity contribution is 5.82. The summed E-state index contributed by atoms with van der Waals surface area (Å²) in [5.41, 5.74) is -1.19. The summed E-state index contributed by atoms with van der Waals surface area (Å²) >= 11 is 0. The summed E-state index contributed by atoms with van der Waals surface area (Å²) < 4.78 is 34.0. The number of hydrogen-bond acceptors (Lipinski definition) is 5. The molecule has 2 saturated heterocycles. The van der Waals surface area contributed by atoms with E-state index in [1.807, 2.05) is 19.9 Å². The Labute approximate surface area is 216 Å². The third kappa shape index (κ3) is 5.32. The van der Waals surface area contributed by atoms with E-state index in [-0.39, 0.29) is 49.5 Å². The van der Waals surface area contributed by atoms with E-state index in [2.05, 4.69) is 4.98 Å². The molecule has 1 N–H and O–H groups in total. The second-order valence-electron chi connectivity index (χ2n) is 11.3. The van der Waals surface area contributed by atoms with Crippen molar-refractivity contribution in [1.82, 2.24) is 14.8 Å². The number of aromatic nitrogens is 1. The van der Waals surface area contributed by atoms with Crippen LogP contribution in [0.1, 0.15) is 51.8 Å². The van der Waals surface area contributed by atoms with Crippen molar-refractivity contribution in [2.45, 2.75) is 51.7 Å². The van der Waals surface area contributed by atoms with E-state index >= 15 is 0 Å². The van der Waals surface area contributed by atoms with Gasteiger partial charge in [-0.05, 0) is 44.5 Å². The van der Waals surface area contributed by atoms with Crippen LogP contribution in [0.25, 0.3) is 0 Å². The van der Waals surface area contributed by atoms with Crippen LogP contribution in [0.3, 0.4) is 0 Å². The van der Waals surface area contributed by atoms with Crippen molar-refractivity contribution in [3.63, 3.8) is 0 Å². The quantitative estimate of drug-likeness (QED) is 0.659. The van der Waals surface area contributed by atoms with Crippen LogP contribution in [-0.2, 0) is 15.1 Å². The van der Waals surface area contributed by atoms with Crippen LogP contribution in [-0.4, -0.2) is 63.7 Å². The van der Waals surface area contributed by atoms with Gasteiger partial charge in [-0.2, -0.15) is 0 Å². The van der Waals surface area contributed by atoms with Crippen LogP contribution in [0.5, 0.6) is 0 Å². The summed E-state index contributed by atoms with van der Waals surface area (Å²) in [4.78, 5) is 34.2. The van der Waals surface area contributed by atoms with E-state index in [0.717, 1.165) is 12.1 Å². The molecule has 2 amide bonds. The summed E-state index contributed by atoms with van der Waals surface area (Å²) in [6.07, 6.45) is 1.05. The molecular weight excluding hydrogens is 480 g/mol. The van der Waals surface area contributed by atoms with Crippen molar-refractivity contribution < 1.29 is 28.2 Å². The molecule has 1 unspecified atom stereocenters. The molecular formula is C28H35F2N3O4. The van der Waals surface area contributed by atoms with Crippen molar-refractivity contribution >= 4 is 12.0 Å². The number of benzene rings is 1. The molecule has 3 heterocycles. The minimum atomic E-state index is -1.21. The maximum absolute atomic E-state index is 14.9. The third-order valence-corrected chi connectivity index (χ3v) is 7.53. The van der Waals surface area contributed by atoms with Crippen molar-refractivity contribution in [2.75, 3.05) is 26.2 Å². The number of carbonyl (C=O) groups is 2. The van der Waals surface area contributed by atoms with Crippen molar-refractivity contribution in [3.05, 3.63) is 65.5 Å². The number of pyridine rings is 1. The zero-order chi connectivity index (χ0) is 27.1. The first-order chi connectivity index (χ1) is 17.3. The maximum atomic E-state index is 14.9. The summed E-state index contributed by atoms with van der Waals surface area (Å²) in [7, 11) is 0. The monoisotopic (exact) mass is 515 g/mol. The van der Waals surface area contributed by atoms with Gasteiger partial charge in [0.1, 0.15) is 22.8 Å². The Hall–Kier alpha value is -3.07. The van der Waals surface area contributed by atoms with Gasteiger partial charge < -0.3 is 19.6 Å². The zero-order valence-electron chi connectivity index (χ0n) is 21.9. The van der Waals surface area contributed by atoms with E-state index in [9.17, 15) is 23.5 Å². The van der Waals surface area contributed by atoms with Gasteiger partial charge in [-0.1, -0.05) is 26.0 Å². The molecule has 9 heteroatoms. The number of hydrogen-bond donors (Lipinski definition) is 1. The van der Waals surface area contributed by atoms with E-state index in [1.54, 1.807) is 44.0 Å². The lowest BCUT2D eigenvalue weighted by molar-refractivity contribution is -0.153. The van der Waals surface area contributed by atoms with E-state index in [1.165, 1.54) is 11.0 Å². The van der Waals surface area contributed by atoms with E-state index in [0.29, 0.717) is 5.69 Å². The number of rotatable bonds is 3. The largest absolute Gasteiger partial charge is 0.444 e. The molecule has 2 aromatic rings. The van der Waals surface area contributed by atoms with Crippen LogP contribution in [0.2, 0.25) is 0 Å². The van der Waals surface area contributed by atoms with Gasteiger partial charge in [-0.15, -0.1) is 0 Å².